The summed E-state index contributed by atoms with van der Waals surface area (Å²) < 4.78 is 12.1. The first-order chi connectivity index (χ1) is 12.2. The van der Waals surface area contributed by atoms with Gasteiger partial charge in [-0.2, -0.15) is 5.10 Å². The minimum atomic E-state index is -0.327. The van der Waals surface area contributed by atoms with E-state index < -0.39 is 0 Å². The van der Waals surface area contributed by atoms with E-state index in [4.69, 9.17) is 21.1 Å². The molecule has 7 nitrogen and oxygen atoms in total. The van der Waals surface area contributed by atoms with Crippen LogP contribution in [0.1, 0.15) is 0 Å². The van der Waals surface area contributed by atoms with Crippen LogP contribution in [0.5, 0.6) is 11.5 Å². The lowest BCUT2D eigenvalue weighted by molar-refractivity contribution is -0.118. The Morgan fingerprint density at radius 2 is 2.08 bits per heavy atom. The summed E-state index contributed by atoms with van der Waals surface area (Å²) in [7, 11) is 1.57. The standard InChI is InChI=1S/C17H15ClN4O3/c1-24-13-3-2-4-14(8-13)25-9-17(23)21-15-7-12(18)5-6-16(15)22-11-19-10-20-22/h2-8,10-11H,9H2,1H3,(H,21,23). The second kappa shape index (κ2) is 7.67. The third-order valence-corrected chi connectivity index (χ3v) is 3.54. The van der Waals surface area contributed by atoms with Gasteiger partial charge in [0, 0.05) is 11.1 Å². The molecule has 2 aromatic carbocycles. The Kier molecular flexibility index (Phi) is 5.15. The number of nitrogens with zero attached hydrogens (tertiary/aromatic N) is 3. The number of methoxy groups -OCH3 is 1. The molecule has 0 fully saturated rings. The van der Waals surface area contributed by atoms with E-state index in [1.165, 1.54) is 17.3 Å². The highest BCUT2D eigenvalue weighted by atomic mass is 35.5. The minimum absolute atomic E-state index is 0.156. The summed E-state index contributed by atoms with van der Waals surface area (Å²) >= 11 is 6.03. The van der Waals surface area contributed by atoms with Crippen molar-refractivity contribution < 1.29 is 14.3 Å². The minimum Gasteiger partial charge on any atom is -0.497 e. The molecule has 8 heteroatoms. The Morgan fingerprint density at radius 1 is 1.24 bits per heavy atom. The third kappa shape index (κ3) is 4.27. The molecule has 0 aliphatic rings. The number of nitrogens with one attached hydrogen (secondary N) is 1. The van der Waals surface area contributed by atoms with Gasteiger partial charge in [0.25, 0.3) is 5.91 Å². The second-order valence-corrected chi connectivity index (χ2v) is 5.45. The van der Waals surface area contributed by atoms with E-state index in [1.54, 1.807) is 49.6 Å². The lowest BCUT2D eigenvalue weighted by Crippen LogP contribution is -2.21. The van der Waals surface area contributed by atoms with Gasteiger partial charge in [0.2, 0.25) is 0 Å². The fraction of sp³-hybridized carbons (Fsp3) is 0.118. The summed E-state index contributed by atoms with van der Waals surface area (Å²) in [4.78, 5) is 16.1. The Labute approximate surface area is 149 Å². The summed E-state index contributed by atoms with van der Waals surface area (Å²) in [5, 5.41) is 7.33. The summed E-state index contributed by atoms with van der Waals surface area (Å²) in [6, 6.07) is 12.1. The maximum Gasteiger partial charge on any atom is 0.262 e. The van der Waals surface area contributed by atoms with Gasteiger partial charge in [0.1, 0.15) is 24.2 Å². The zero-order chi connectivity index (χ0) is 17.6. The number of ether oxygens (including phenoxy) is 2. The van der Waals surface area contributed by atoms with Gasteiger partial charge in [-0.05, 0) is 30.3 Å². The smallest absolute Gasteiger partial charge is 0.262 e. The van der Waals surface area contributed by atoms with Gasteiger partial charge in [-0.3, -0.25) is 4.79 Å². The molecule has 0 aliphatic carbocycles. The molecular formula is C17H15ClN4O3. The van der Waals surface area contributed by atoms with Crippen molar-refractivity contribution in [1.29, 1.82) is 0 Å². The largest absolute Gasteiger partial charge is 0.497 e. The molecule has 1 N–H and O–H groups in total. The van der Waals surface area contributed by atoms with E-state index in [9.17, 15) is 4.79 Å². The molecule has 1 amide bonds. The van der Waals surface area contributed by atoms with Crippen molar-refractivity contribution in [3.8, 4) is 17.2 Å². The maximum absolute atomic E-state index is 12.2. The maximum atomic E-state index is 12.2. The molecule has 128 valence electrons. The average Bonchev–Trinajstić information content (AvgIpc) is 3.15. The number of benzene rings is 2. The van der Waals surface area contributed by atoms with Crippen LogP contribution in [-0.2, 0) is 4.79 Å². The van der Waals surface area contributed by atoms with E-state index in [2.05, 4.69) is 15.4 Å². The normalized spacial score (nSPS) is 10.3. The van der Waals surface area contributed by atoms with Crippen LogP contribution in [0.3, 0.4) is 0 Å². The van der Waals surface area contributed by atoms with Gasteiger partial charge in [0.05, 0.1) is 18.5 Å². The molecule has 25 heavy (non-hydrogen) atoms. The Bertz CT molecular complexity index is 868. The molecule has 3 aromatic rings. The predicted molar refractivity (Wildman–Crippen MR) is 93.5 cm³/mol. The highest BCUT2D eigenvalue weighted by Gasteiger charge is 2.11. The van der Waals surface area contributed by atoms with Gasteiger partial charge >= 0.3 is 0 Å². The summed E-state index contributed by atoms with van der Waals surface area (Å²) in [6.07, 6.45) is 2.94. The van der Waals surface area contributed by atoms with Crippen LogP contribution in [0.2, 0.25) is 5.02 Å². The van der Waals surface area contributed by atoms with Crippen molar-refractivity contribution in [2.45, 2.75) is 0 Å². The molecule has 0 aliphatic heterocycles. The second-order valence-electron chi connectivity index (χ2n) is 5.02. The fourth-order valence-electron chi connectivity index (χ4n) is 2.17. The molecule has 3 rings (SSSR count). The SMILES string of the molecule is COc1cccc(OCC(=O)Nc2cc(Cl)ccc2-n2cncn2)c1. The number of anilines is 1. The monoisotopic (exact) mass is 358 g/mol. The van der Waals surface area contributed by atoms with Crippen molar-refractivity contribution in [2.75, 3.05) is 19.0 Å². The topological polar surface area (TPSA) is 78.3 Å². The number of carbonyl (C=O) groups excluding carboxylic acids is 1. The molecule has 0 unspecified atom stereocenters. The van der Waals surface area contributed by atoms with Crippen molar-refractivity contribution in [2.24, 2.45) is 0 Å². The van der Waals surface area contributed by atoms with Crippen molar-refractivity contribution >= 4 is 23.2 Å². The fourth-order valence-corrected chi connectivity index (χ4v) is 2.34. The quantitative estimate of drug-likeness (QED) is 0.733. The van der Waals surface area contributed by atoms with Crippen LogP contribution >= 0.6 is 11.6 Å². The lowest BCUT2D eigenvalue weighted by Gasteiger charge is -2.12. The number of rotatable bonds is 6. The number of halogens is 1. The van der Waals surface area contributed by atoms with Gasteiger partial charge in [-0.1, -0.05) is 17.7 Å². The van der Waals surface area contributed by atoms with Crippen LogP contribution in [0.15, 0.2) is 55.1 Å². The Morgan fingerprint density at radius 3 is 2.84 bits per heavy atom. The van der Waals surface area contributed by atoms with Gasteiger partial charge in [-0.25, -0.2) is 9.67 Å². The number of hydrogen-bond donors (Lipinski definition) is 1. The molecule has 0 saturated heterocycles. The first-order valence-corrected chi connectivity index (χ1v) is 7.75. The zero-order valence-corrected chi connectivity index (χ0v) is 14.1. The third-order valence-electron chi connectivity index (χ3n) is 3.31. The molecule has 0 radical (unpaired) electrons. The molecule has 0 bridgehead atoms. The van der Waals surface area contributed by atoms with E-state index in [0.717, 1.165) is 0 Å². The van der Waals surface area contributed by atoms with E-state index in [0.29, 0.717) is 27.9 Å². The number of hydrogen-bond acceptors (Lipinski definition) is 5. The van der Waals surface area contributed by atoms with Crippen LogP contribution in [0, 0.1) is 0 Å². The van der Waals surface area contributed by atoms with Crippen LogP contribution in [-0.4, -0.2) is 34.4 Å². The van der Waals surface area contributed by atoms with Crippen molar-refractivity contribution in [1.82, 2.24) is 14.8 Å². The van der Waals surface area contributed by atoms with Crippen LogP contribution < -0.4 is 14.8 Å². The number of aromatic nitrogens is 3. The molecule has 0 atom stereocenters. The first kappa shape index (κ1) is 16.8. The van der Waals surface area contributed by atoms with E-state index >= 15 is 0 Å². The molecule has 1 aromatic heterocycles. The zero-order valence-electron chi connectivity index (χ0n) is 13.3. The van der Waals surface area contributed by atoms with Gasteiger partial charge in [-0.15, -0.1) is 0 Å². The predicted octanol–water partition coefficient (Wildman–Crippen LogP) is 2.95. The molecule has 1 heterocycles. The summed E-state index contributed by atoms with van der Waals surface area (Å²) in [5.74, 6) is 0.866. The Hall–Kier alpha value is -3.06. The number of amides is 1. The molecule has 0 saturated carbocycles. The number of carbonyl (C=O) groups is 1. The summed E-state index contributed by atoms with van der Waals surface area (Å²) in [5.41, 5.74) is 1.16. The molecular weight excluding hydrogens is 344 g/mol. The van der Waals surface area contributed by atoms with Crippen molar-refractivity contribution in [3.63, 3.8) is 0 Å². The lowest BCUT2D eigenvalue weighted by atomic mass is 10.2. The van der Waals surface area contributed by atoms with E-state index in [-0.39, 0.29) is 12.5 Å². The van der Waals surface area contributed by atoms with Crippen molar-refractivity contribution in [3.05, 3.63) is 60.1 Å². The highest BCUT2D eigenvalue weighted by molar-refractivity contribution is 6.31. The summed E-state index contributed by atoms with van der Waals surface area (Å²) in [6.45, 7) is -0.156. The van der Waals surface area contributed by atoms with Crippen LogP contribution in [0.25, 0.3) is 5.69 Å². The van der Waals surface area contributed by atoms with E-state index in [1.807, 2.05) is 0 Å². The van der Waals surface area contributed by atoms with Crippen LogP contribution in [0.4, 0.5) is 5.69 Å². The average molecular weight is 359 g/mol. The Balaban J connectivity index is 1.69. The van der Waals surface area contributed by atoms with Gasteiger partial charge < -0.3 is 14.8 Å². The highest BCUT2D eigenvalue weighted by Crippen LogP contribution is 2.24. The molecule has 0 spiro atoms. The van der Waals surface area contributed by atoms with Gasteiger partial charge in [0.15, 0.2) is 6.61 Å². The first-order valence-electron chi connectivity index (χ1n) is 7.37.